The van der Waals surface area contributed by atoms with Gasteiger partial charge in [0.1, 0.15) is 0 Å². The minimum atomic E-state index is -4.39. The first-order valence-electron chi connectivity index (χ1n) is 7.33. The van der Waals surface area contributed by atoms with Gasteiger partial charge in [0.25, 0.3) is 0 Å². The summed E-state index contributed by atoms with van der Waals surface area (Å²) < 4.78 is 41.1. The predicted molar refractivity (Wildman–Crippen MR) is 102 cm³/mol. The Morgan fingerprint density at radius 2 is 1.12 bits per heavy atom. The van der Waals surface area contributed by atoms with E-state index in [1.807, 2.05) is 48.5 Å². The van der Waals surface area contributed by atoms with Crippen molar-refractivity contribution in [1.29, 1.82) is 0 Å². The number of nitrogens with zero attached hydrogens (tertiary/aromatic N) is 1. The first-order valence-corrected chi connectivity index (χ1v) is 8.92. The van der Waals surface area contributed by atoms with Crippen molar-refractivity contribution in [3.63, 3.8) is 0 Å². The molecule has 0 unspecified atom stereocenters. The van der Waals surface area contributed by atoms with Crippen LogP contribution in [0.5, 0.6) is 0 Å². The average molecular weight is 471 g/mol. The first-order chi connectivity index (χ1) is 11.8. The zero-order valence-electron chi connectivity index (χ0n) is 12.8. The fourth-order valence-electron chi connectivity index (χ4n) is 2.45. The second-order valence-corrected chi connectivity index (χ2v) is 7.17. The fraction of sp³-hybridized carbons (Fsp3) is 0.0526. The maximum Gasteiger partial charge on any atom is 0.416 e. The lowest BCUT2D eigenvalue weighted by atomic mass is 10.1. The molecule has 0 aliphatic carbocycles. The third-order valence-electron chi connectivity index (χ3n) is 3.60. The van der Waals surface area contributed by atoms with Crippen LogP contribution in [0.25, 0.3) is 0 Å². The van der Waals surface area contributed by atoms with Gasteiger partial charge >= 0.3 is 6.18 Å². The molecular formula is C19H12Br2F3N. The maximum atomic E-state index is 13.1. The van der Waals surface area contributed by atoms with Crippen LogP contribution in [0, 0.1) is 0 Å². The normalized spacial score (nSPS) is 11.4. The molecule has 0 spiro atoms. The van der Waals surface area contributed by atoms with E-state index in [4.69, 9.17) is 0 Å². The average Bonchev–Trinajstić information content (AvgIpc) is 2.58. The summed E-state index contributed by atoms with van der Waals surface area (Å²) in [7, 11) is 0. The summed E-state index contributed by atoms with van der Waals surface area (Å²) >= 11 is 6.76. The van der Waals surface area contributed by atoms with Gasteiger partial charge in [-0.25, -0.2) is 0 Å². The number of halogens is 5. The Bertz CT molecular complexity index is 814. The van der Waals surface area contributed by atoms with Gasteiger partial charge in [-0.2, -0.15) is 13.2 Å². The van der Waals surface area contributed by atoms with E-state index in [1.165, 1.54) is 6.07 Å². The second kappa shape index (κ2) is 7.22. The van der Waals surface area contributed by atoms with Gasteiger partial charge in [0.2, 0.25) is 0 Å². The monoisotopic (exact) mass is 469 g/mol. The minimum Gasteiger partial charge on any atom is -0.310 e. The summed E-state index contributed by atoms with van der Waals surface area (Å²) in [5.41, 5.74) is 1.30. The Morgan fingerprint density at radius 3 is 1.56 bits per heavy atom. The number of rotatable bonds is 3. The Morgan fingerprint density at radius 1 is 0.640 bits per heavy atom. The molecule has 0 heterocycles. The van der Waals surface area contributed by atoms with Crippen molar-refractivity contribution in [2.75, 3.05) is 4.90 Å². The van der Waals surface area contributed by atoms with E-state index in [0.717, 1.165) is 32.5 Å². The van der Waals surface area contributed by atoms with E-state index in [-0.39, 0.29) is 0 Å². The van der Waals surface area contributed by atoms with Crippen LogP contribution in [0.1, 0.15) is 5.56 Å². The third kappa shape index (κ3) is 4.25. The number of alkyl halides is 3. The molecule has 6 heteroatoms. The van der Waals surface area contributed by atoms with Crippen molar-refractivity contribution in [1.82, 2.24) is 0 Å². The van der Waals surface area contributed by atoms with Gasteiger partial charge in [0, 0.05) is 26.0 Å². The quantitative estimate of drug-likeness (QED) is 0.379. The molecule has 0 bridgehead atoms. The highest BCUT2D eigenvalue weighted by molar-refractivity contribution is 9.10. The van der Waals surface area contributed by atoms with Crippen LogP contribution >= 0.6 is 31.9 Å². The zero-order valence-corrected chi connectivity index (χ0v) is 15.9. The summed E-state index contributed by atoms with van der Waals surface area (Å²) in [5, 5.41) is 0. The van der Waals surface area contributed by atoms with Gasteiger partial charge in [-0.1, -0.05) is 37.9 Å². The van der Waals surface area contributed by atoms with Gasteiger partial charge < -0.3 is 4.90 Å². The molecule has 0 aromatic heterocycles. The number of anilines is 3. The molecule has 128 valence electrons. The standard InChI is InChI=1S/C19H12Br2F3N/c20-14-4-8-16(9-5-14)25(17-10-6-15(21)7-11-17)18-3-1-2-13(12-18)19(22,23)24/h1-12H. The van der Waals surface area contributed by atoms with Crippen molar-refractivity contribution in [3.05, 3.63) is 87.3 Å². The molecular weight excluding hydrogens is 459 g/mol. The number of hydrogen-bond acceptors (Lipinski definition) is 1. The van der Waals surface area contributed by atoms with Gasteiger partial charge in [0.05, 0.1) is 5.56 Å². The predicted octanol–water partition coefficient (Wildman–Crippen LogP) is 7.70. The Labute approximate surface area is 160 Å². The lowest BCUT2D eigenvalue weighted by Gasteiger charge is -2.26. The number of hydrogen-bond donors (Lipinski definition) is 0. The Hall–Kier alpha value is -1.79. The van der Waals surface area contributed by atoms with E-state index in [9.17, 15) is 13.2 Å². The molecule has 0 amide bonds. The molecule has 0 radical (unpaired) electrons. The highest BCUT2D eigenvalue weighted by atomic mass is 79.9. The topological polar surface area (TPSA) is 3.24 Å². The third-order valence-corrected chi connectivity index (χ3v) is 4.66. The molecule has 0 atom stereocenters. The van der Waals surface area contributed by atoms with E-state index in [2.05, 4.69) is 31.9 Å². The van der Waals surface area contributed by atoms with Crippen molar-refractivity contribution in [2.45, 2.75) is 6.18 Å². The molecule has 25 heavy (non-hydrogen) atoms. The van der Waals surface area contributed by atoms with Crippen LogP contribution in [0.15, 0.2) is 81.7 Å². The Kier molecular flexibility index (Phi) is 5.20. The molecule has 0 N–H and O–H groups in total. The van der Waals surface area contributed by atoms with Crippen LogP contribution in [-0.4, -0.2) is 0 Å². The van der Waals surface area contributed by atoms with Crippen LogP contribution in [0.2, 0.25) is 0 Å². The molecule has 0 saturated carbocycles. The van der Waals surface area contributed by atoms with Gasteiger partial charge in [-0.15, -0.1) is 0 Å². The molecule has 1 nitrogen and oxygen atoms in total. The molecule has 0 aliphatic rings. The van der Waals surface area contributed by atoms with Gasteiger partial charge in [-0.3, -0.25) is 0 Å². The first kappa shape index (κ1) is 18.0. The largest absolute Gasteiger partial charge is 0.416 e. The zero-order chi connectivity index (χ0) is 18.0. The molecule has 3 rings (SSSR count). The maximum absolute atomic E-state index is 13.1. The highest BCUT2D eigenvalue weighted by Crippen LogP contribution is 2.38. The van der Waals surface area contributed by atoms with Gasteiger partial charge in [-0.05, 0) is 66.7 Å². The summed E-state index contributed by atoms with van der Waals surface area (Å²) in [6.45, 7) is 0. The number of benzene rings is 3. The molecule has 0 aliphatic heterocycles. The fourth-order valence-corrected chi connectivity index (χ4v) is 2.98. The van der Waals surface area contributed by atoms with Crippen molar-refractivity contribution >= 4 is 48.9 Å². The molecule has 3 aromatic rings. The Balaban J connectivity index is 2.14. The van der Waals surface area contributed by atoms with Crippen molar-refractivity contribution in [3.8, 4) is 0 Å². The van der Waals surface area contributed by atoms with E-state index >= 15 is 0 Å². The van der Waals surface area contributed by atoms with Crippen molar-refractivity contribution < 1.29 is 13.2 Å². The summed E-state index contributed by atoms with van der Waals surface area (Å²) in [6, 6.07) is 20.2. The minimum absolute atomic E-state index is 0.444. The molecule has 0 saturated heterocycles. The molecule has 0 fully saturated rings. The summed E-state index contributed by atoms with van der Waals surface area (Å²) in [6.07, 6.45) is -4.39. The molecule has 3 aromatic carbocycles. The van der Waals surface area contributed by atoms with Crippen LogP contribution in [-0.2, 0) is 6.18 Å². The highest BCUT2D eigenvalue weighted by Gasteiger charge is 2.31. The van der Waals surface area contributed by atoms with E-state index in [0.29, 0.717) is 5.69 Å². The van der Waals surface area contributed by atoms with Crippen LogP contribution in [0.4, 0.5) is 30.2 Å². The summed E-state index contributed by atoms with van der Waals surface area (Å²) in [4.78, 5) is 1.79. The van der Waals surface area contributed by atoms with Gasteiger partial charge in [0.15, 0.2) is 0 Å². The van der Waals surface area contributed by atoms with E-state index in [1.54, 1.807) is 11.0 Å². The SMILES string of the molecule is FC(F)(F)c1cccc(N(c2ccc(Br)cc2)c2ccc(Br)cc2)c1. The lowest BCUT2D eigenvalue weighted by Crippen LogP contribution is -2.12. The second-order valence-electron chi connectivity index (χ2n) is 5.34. The van der Waals surface area contributed by atoms with Crippen molar-refractivity contribution in [2.24, 2.45) is 0 Å². The van der Waals surface area contributed by atoms with Crippen LogP contribution < -0.4 is 4.90 Å². The van der Waals surface area contributed by atoms with E-state index < -0.39 is 11.7 Å². The smallest absolute Gasteiger partial charge is 0.310 e. The van der Waals surface area contributed by atoms with Crippen LogP contribution in [0.3, 0.4) is 0 Å². The summed E-state index contributed by atoms with van der Waals surface area (Å²) in [5.74, 6) is 0. The lowest BCUT2D eigenvalue weighted by molar-refractivity contribution is -0.137.